The average Bonchev–Trinajstić information content (AvgIpc) is 2.42. The van der Waals surface area contributed by atoms with Gasteiger partial charge in [-0.05, 0) is 18.2 Å². The second kappa shape index (κ2) is 6.86. The summed E-state index contributed by atoms with van der Waals surface area (Å²) in [6.07, 6.45) is 0.273. The largest absolute Gasteiger partial charge is 0.490 e. The van der Waals surface area contributed by atoms with Gasteiger partial charge in [0.2, 0.25) is 5.91 Å². The van der Waals surface area contributed by atoms with E-state index >= 15 is 0 Å². The molecule has 0 aliphatic carbocycles. The Morgan fingerprint density at radius 3 is 2.84 bits per heavy atom. The summed E-state index contributed by atoms with van der Waals surface area (Å²) in [5, 5.41) is 3.19. The number of benzene rings is 1. The van der Waals surface area contributed by atoms with Crippen LogP contribution in [-0.4, -0.2) is 43.6 Å². The maximum Gasteiger partial charge on any atom is 0.226 e. The monoisotopic (exact) mass is 330 g/mol. The molecule has 6 heteroatoms. The van der Waals surface area contributed by atoms with Gasteiger partial charge in [0.25, 0.3) is 0 Å². The fraction of sp³-hybridized carbons (Fsp3) is 0.462. The van der Waals surface area contributed by atoms with E-state index in [0.717, 1.165) is 26.2 Å². The van der Waals surface area contributed by atoms with Gasteiger partial charge in [-0.15, -0.1) is 0 Å². The van der Waals surface area contributed by atoms with Crippen molar-refractivity contribution in [3.05, 3.63) is 28.5 Å². The maximum absolute atomic E-state index is 13.5. The van der Waals surface area contributed by atoms with E-state index in [1.54, 1.807) is 17.0 Å². The molecule has 0 radical (unpaired) electrons. The van der Waals surface area contributed by atoms with Crippen molar-refractivity contribution in [3.8, 4) is 5.75 Å². The molecular weight excluding hydrogens is 315 g/mol. The number of carbonyl (C=O) groups is 1. The number of carbonyl (C=O) groups excluding carboxylic acids is 1. The van der Waals surface area contributed by atoms with Gasteiger partial charge in [0.1, 0.15) is 0 Å². The number of hydrogen-bond donors (Lipinski definition) is 1. The van der Waals surface area contributed by atoms with Crippen LogP contribution in [0.2, 0.25) is 0 Å². The molecule has 1 aliphatic rings. The smallest absolute Gasteiger partial charge is 0.226 e. The highest BCUT2D eigenvalue weighted by Gasteiger charge is 2.16. The first kappa shape index (κ1) is 14.3. The fourth-order valence-electron chi connectivity index (χ4n) is 1.91. The number of nitrogens with one attached hydrogen (secondary N) is 1. The van der Waals surface area contributed by atoms with Gasteiger partial charge in [0.15, 0.2) is 11.6 Å². The van der Waals surface area contributed by atoms with Gasteiger partial charge in [0, 0.05) is 30.7 Å². The van der Waals surface area contributed by atoms with E-state index in [-0.39, 0.29) is 24.7 Å². The van der Waals surface area contributed by atoms with Crippen molar-refractivity contribution < 1.29 is 13.9 Å². The molecule has 0 saturated carbocycles. The van der Waals surface area contributed by atoms with Gasteiger partial charge in [-0.3, -0.25) is 4.79 Å². The van der Waals surface area contributed by atoms with E-state index in [2.05, 4.69) is 21.2 Å². The van der Waals surface area contributed by atoms with Crippen LogP contribution >= 0.6 is 15.9 Å². The van der Waals surface area contributed by atoms with Crippen LogP contribution in [0.4, 0.5) is 4.39 Å². The van der Waals surface area contributed by atoms with Gasteiger partial charge in [0.05, 0.1) is 13.0 Å². The lowest BCUT2D eigenvalue weighted by atomic mass is 10.3. The number of nitrogens with zero attached hydrogens (tertiary/aromatic N) is 1. The Balaban J connectivity index is 1.78. The minimum absolute atomic E-state index is 0.0546. The number of ether oxygens (including phenoxy) is 1. The molecule has 0 spiro atoms. The maximum atomic E-state index is 13.5. The summed E-state index contributed by atoms with van der Waals surface area (Å²) in [4.78, 5) is 13.6. The molecule has 0 bridgehead atoms. The molecule has 0 unspecified atom stereocenters. The lowest BCUT2D eigenvalue weighted by Gasteiger charge is -2.27. The highest BCUT2D eigenvalue weighted by molar-refractivity contribution is 9.10. The molecule has 0 aromatic heterocycles. The van der Waals surface area contributed by atoms with Crippen molar-refractivity contribution in [2.45, 2.75) is 6.42 Å². The second-order valence-corrected chi connectivity index (χ2v) is 5.22. The zero-order valence-corrected chi connectivity index (χ0v) is 12.1. The Morgan fingerprint density at radius 1 is 1.42 bits per heavy atom. The quantitative estimate of drug-likeness (QED) is 0.915. The van der Waals surface area contributed by atoms with Crippen molar-refractivity contribution in [1.82, 2.24) is 10.2 Å². The number of rotatable bonds is 4. The van der Waals surface area contributed by atoms with Crippen molar-refractivity contribution in [3.63, 3.8) is 0 Å². The predicted octanol–water partition coefficient (Wildman–Crippen LogP) is 1.79. The lowest BCUT2D eigenvalue weighted by molar-refractivity contribution is -0.132. The van der Waals surface area contributed by atoms with Gasteiger partial charge in [-0.25, -0.2) is 4.39 Å². The third kappa shape index (κ3) is 4.18. The molecule has 19 heavy (non-hydrogen) atoms. The summed E-state index contributed by atoms with van der Waals surface area (Å²) in [5.74, 6) is -0.195. The first-order valence-corrected chi connectivity index (χ1v) is 7.02. The highest BCUT2D eigenvalue weighted by Crippen LogP contribution is 2.21. The van der Waals surface area contributed by atoms with E-state index < -0.39 is 5.82 Å². The molecule has 2 rings (SSSR count). The van der Waals surface area contributed by atoms with Gasteiger partial charge < -0.3 is 15.0 Å². The number of halogens is 2. The van der Waals surface area contributed by atoms with Crippen LogP contribution in [0.3, 0.4) is 0 Å². The summed E-state index contributed by atoms with van der Waals surface area (Å²) >= 11 is 3.18. The average molecular weight is 331 g/mol. The van der Waals surface area contributed by atoms with Crippen LogP contribution in [0.5, 0.6) is 5.75 Å². The van der Waals surface area contributed by atoms with Crippen LogP contribution < -0.4 is 10.1 Å². The number of hydrogen-bond acceptors (Lipinski definition) is 3. The fourth-order valence-corrected chi connectivity index (χ4v) is 2.25. The van der Waals surface area contributed by atoms with Crippen molar-refractivity contribution in [2.75, 3.05) is 32.8 Å². The SMILES string of the molecule is O=C(CCOc1ccc(Br)cc1F)N1CCNCC1. The van der Waals surface area contributed by atoms with Crippen molar-refractivity contribution in [1.29, 1.82) is 0 Å². The first-order valence-electron chi connectivity index (χ1n) is 6.23. The summed E-state index contributed by atoms with van der Waals surface area (Å²) < 4.78 is 19.4. The Bertz CT molecular complexity index is 450. The molecule has 1 fully saturated rings. The molecule has 4 nitrogen and oxygen atoms in total. The zero-order chi connectivity index (χ0) is 13.7. The minimum atomic E-state index is -0.427. The number of amides is 1. The molecule has 1 N–H and O–H groups in total. The normalized spacial score (nSPS) is 15.4. The first-order chi connectivity index (χ1) is 9.16. The molecular formula is C13H16BrFN2O2. The molecule has 1 heterocycles. The molecule has 1 saturated heterocycles. The van der Waals surface area contributed by atoms with E-state index in [1.807, 2.05) is 0 Å². The summed E-state index contributed by atoms with van der Waals surface area (Å²) in [7, 11) is 0. The number of piperazine rings is 1. The van der Waals surface area contributed by atoms with Crippen LogP contribution in [0.25, 0.3) is 0 Å². The van der Waals surface area contributed by atoms with E-state index in [1.165, 1.54) is 6.07 Å². The third-order valence-corrected chi connectivity index (χ3v) is 3.43. The highest BCUT2D eigenvalue weighted by atomic mass is 79.9. The topological polar surface area (TPSA) is 41.6 Å². The minimum Gasteiger partial charge on any atom is -0.490 e. The van der Waals surface area contributed by atoms with Crippen LogP contribution in [-0.2, 0) is 4.79 Å². The molecule has 1 aromatic carbocycles. The van der Waals surface area contributed by atoms with Crippen molar-refractivity contribution >= 4 is 21.8 Å². The van der Waals surface area contributed by atoms with Crippen LogP contribution in [0.1, 0.15) is 6.42 Å². The Morgan fingerprint density at radius 2 is 2.16 bits per heavy atom. The van der Waals surface area contributed by atoms with Gasteiger partial charge >= 0.3 is 0 Å². The molecule has 1 aliphatic heterocycles. The zero-order valence-electron chi connectivity index (χ0n) is 10.5. The van der Waals surface area contributed by atoms with Crippen LogP contribution in [0.15, 0.2) is 22.7 Å². The Labute approximate surface area is 120 Å². The lowest BCUT2D eigenvalue weighted by Crippen LogP contribution is -2.46. The van der Waals surface area contributed by atoms with Crippen LogP contribution in [0, 0.1) is 5.82 Å². The standard InChI is InChI=1S/C13H16BrFN2O2/c14-10-1-2-12(11(15)9-10)19-8-3-13(18)17-6-4-16-5-7-17/h1-2,9,16H,3-8H2. The van der Waals surface area contributed by atoms with E-state index in [4.69, 9.17) is 4.74 Å². The van der Waals surface area contributed by atoms with Crippen molar-refractivity contribution in [2.24, 2.45) is 0 Å². The summed E-state index contributed by atoms with van der Waals surface area (Å²) in [5.41, 5.74) is 0. The predicted molar refractivity (Wildman–Crippen MR) is 73.7 cm³/mol. The molecule has 1 amide bonds. The third-order valence-electron chi connectivity index (χ3n) is 2.94. The molecule has 0 atom stereocenters. The van der Waals surface area contributed by atoms with Gasteiger partial charge in [-0.1, -0.05) is 15.9 Å². The summed E-state index contributed by atoms with van der Waals surface area (Å²) in [6, 6.07) is 4.60. The second-order valence-electron chi connectivity index (χ2n) is 4.30. The van der Waals surface area contributed by atoms with E-state index in [0.29, 0.717) is 4.47 Å². The summed E-state index contributed by atoms with van der Waals surface area (Å²) in [6.45, 7) is 3.31. The van der Waals surface area contributed by atoms with E-state index in [9.17, 15) is 9.18 Å². The molecule has 1 aromatic rings. The Kier molecular flexibility index (Phi) is 5.15. The Hall–Kier alpha value is -1.14. The molecule has 104 valence electrons. The van der Waals surface area contributed by atoms with Gasteiger partial charge in [-0.2, -0.15) is 0 Å².